The van der Waals surface area contributed by atoms with E-state index >= 15 is 0 Å². The topological polar surface area (TPSA) is 17.1 Å². The third-order valence-electron chi connectivity index (χ3n) is 3.10. The normalized spacial score (nSPS) is 35.9. The minimum atomic E-state index is 0.522. The van der Waals surface area contributed by atoms with Gasteiger partial charge in [0.1, 0.15) is 6.29 Å². The van der Waals surface area contributed by atoms with Crippen LogP contribution in [0.4, 0.5) is 0 Å². The van der Waals surface area contributed by atoms with Gasteiger partial charge in [0.15, 0.2) is 0 Å². The van der Waals surface area contributed by atoms with E-state index in [0.717, 1.165) is 12.2 Å². The molecular weight excluding hydrogens is 148 g/mol. The second-order valence-corrected chi connectivity index (χ2v) is 4.08. The summed E-state index contributed by atoms with van der Waals surface area (Å²) in [6.07, 6.45) is 5.26. The van der Waals surface area contributed by atoms with Crippen LogP contribution in [-0.4, -0.2) is 6.29 Å². The Morgan fingerprint density at radius 2 is 2.25 bits per heavy atom. The number of allylic oxidation sites excluding steroid dienone is 2. The monoisotopic (exact) mass is 166 g/mol. The van der Waals surface area contributed by atoms with Crippen LogP contribution in [0.15, 0.2) is 11.6 Å². The first kappa shape index (κ1) is 9.50. The molecule has 0 aromatic carbocycles. The van der Waals surface area contributed by atoms with Crippen LogP contribution < -0.4 is 0 Å². The van der Waals surface area contributed by atoms with Crippen LogP contribution in [-0.2, 0) is 4.79 Å². The van der Waals surface area contributed by atoms with Gasteiger partial charge < -0.3 is 4.79 Å². The Balaban J connectivity index is 2.67. The summed E-state index contributed by atoms with van der Waals surface area (Å²) in [5, 5.41) is 0. The van der Waals surface area contributed by atoms with Crippen molar-refractivity contribution in [3.8, 4) is 0 Å². The molecule has 1 rings (SSSR count). The van der Waals surface area contributed by atoms with Gasteiger partial charge in [-0.15, -0.1) is 0 Å². The van der Waals surface area contributed by atoms with Crippen molar-refractivity contribution >= 4 is 6.29 Å². The van der Waals surface area contributed by atoms with E-state index in [-0.39, 0.29) is 0 Å². The second kappa shape index (κ2) is 3.88. The molecule has 12 heavy (non-hydrogen) atoms. The smallest absolute Gasteiger partial charge is 0.120 e. The summed E-state index contributed by atoms with van der Waals surface area (Å²) in [5.41, 5.74) is 1.41. The van der Waals surface area contributed by atoms with Crippen molar-refractivity contribution in [2.24, 2.45) is 17.8 Å². The summed E-state index contributed by atoms with van der Waals surface area (Å²) < 4.78 is 0. The Kier molecular flexibility index (Phi) is 3.07. The van der Waals surface area contributed by atoms with Gasteiger partial charge in [-0.05, 0) is 31.1 Å². The van der Waals surface area contributed by atoms with Crippen LogP contribution in [0.1, 0.15) is 33.6 Å². The molecule has 0 aliphatic heterocycles. The van der Waals surface area contributed by atoms with Crippen molar-refractivity contribution in [3.63, 3.8) is 0 Å². The van der Waals surface area contributed by atoms with E-state index in [2.05, 4.69) is 26.8 Å². The van der Waals surface area contributed by atoms with Crippen LogP contribution >= 0.6 is 0 Å². The van der Waals surface area contributed by atoms with Gasteiger partial charge >= 0.3 is 0 Å². The number of hydrogen-bond acceptors (Lipinski definition) is 1. The lowest BCUT2D eigenvalue weighted by Crippen LogP contribution is -2.19. The molecule has 0 aromatic heterocycles. The summed E-state index contributed by atoms with van der Waals surface area (Å²) in [5.74, 6) is 1.94. The van der Waals surface area contributed by atoms with E-state index < -0.39 is 0 Å². The molecule has 0 fully saturated rings. The maximum absolute atomic E-state index is 10.4. The predicted octanol–water partition coefficient (Wildman–Crippen LogP) is 2.81. The summed E-state index contributed by atoms with van der Waals surface area (Å²) in [6, 6.07) is 0. The third kappa shape index (κ3) is 1.96. The third-order valence-corrected chi connectivity index (χ3v) is 3.10. The fourth-order valence-corrected chi connectivity index (χ4v) is 1.96. The number of hydrogen-bond donors (Lipinski definition) is 0. The minimum absolute atomic E-state index is 0.522. The standard InChI is InChI=1S/C11H18O/c1-8-6-10(3)11(4-5-12)7-9(8)2/h5-6,8-9,11H,4,7H2,1-3H3/t8-,9+,11+/m1/s1. The van der Waals surface area contributed by atoms with Gasteiger partial charge in [-0.25, -0.2) is 0 Å². The van der Waals surface area contributed by atoms with E-state index in [1.54, 1.807) is 0 Å². The highest BCUT2D eigenvalue weighted by Crippen LogP contribution is 2.33. The van der Waals surface area contributed by atoms with Gasteiger partial charge in [0.05, 0.1) is 0 Å². The van der Waals surface area contributed by atoms with Crippen LogP contribution in [0, 0.1) is 17.8 Å². The average molecular weight is 166 g/mol. The zero-order valence-electron chi connectivity index (χ0n) is 8.21. The molecule has 0 radical (unpaired) electrons. The van der Waals surface area contributed by atoms with Crippen molar-refractivity contribution in [2.75, 3.05) is 0 Å². The Labute approximate surface area is 74.9 Å². The molecule has 0 amide bonds. The van der Waals surface area contributed by atoms with Gasteiger partial charge in [-0.1, -0.05) is 25.5 Å². The van der Waals surface area contributed by atoms with Gasteiger partial charge in [-0.3, -0.25) is 0 Å². The zero-order chi connectivity index (χ0) is 9.14. The maximum Gasteiger partial charge on any atom is 0.120 e. The highest BCUT2D eigenvalue weighted by molar-refractivity contribution is 5.50. The van der Waals surface area contributed by atoms with Gasteiger partial charge in [0, 0.05) is 6.42 Å². The summed E-state index contributed by atoms with van der Waals surface area (Å²) in [6.45, 7) is 6.67. The van der Waals surface area contributed by atoms with Gasteiger partial charge in [0.2, 0.25) is 0 Å². The maximum atomic E-state index is 10.4. The molecule has 0 bridgehead atoms. The Morgan fingerprint density at radius 1 is 1.58 bits per heavy atom. The van der Waals surface area contributed by atoms with E-state index in [9.17, 15) is 4.79 Å². The zero-order valence-corrected chi connectivity index (χ0v) is 8.21. The minimum Gasteiger partial charge on any atom is -0.303 e. The lowest BCUT2D eigenvalue weighted by Gasteiger charge is -2.29. The Morgan fingerprint density at radius 3 is 2.83 bits per heavy atom. The first-order valence-electron chi connectivity index (χ1n) is 4.77. The van der Waals surface area contributed by atoms with Crippen molar-refractivity contribution in [3.05, 3.63) is 11.6 Å². The fourth-order valence-electron chi connectivity index (χ4n) is 1.96. The first-order valence-corrected chi connectivity index (χ1v) is 4.77. The van der Waals surface area contributed by atoms with Gasteiger partial charge in [0.25, 0.3) is 0 Å². The molecule has 0 N–H and O–H groups in total. The second-order valence-electron chi connectivity index (χ2n) is 4.08. The predicted molar refractivity (Wildman–Crippen MR) is 50.9 cm³/mol. The van der Waals surface area contributed by atoms with Crippen molar-refractivity contribution in [2.45, 2.75) is 33.6 Å². The number of carbonyl (C=O) groups is 1. The van der Waals surface area contributed by atoms with Crippen molar-refractivity contribution in [1.82, 2.24) is 0 Å². The molecule has 0 unspecified atom stereocenters. The number of carbonyl (C=O) groups excluding carboxylic acids is 1. The molecule has 0 saturated heterocycles. The molecule has 0 spiro atoms. The molecule has 1 aliphatic rings. The highest BCUT2D eigenvalue weighted by Gasteiger charge is 2.23. The molecule has 0 saturated carbocycles. The highest BCUT2D eigenvalue weighted by atomic mass is 16.1. The van der Waals surface area contributed by atoms with E-state index in [0.29, 0.717) is 18.3 Å². The first-order chi connectivity index (χ1) is 5.65. The molecular formula is C11H18O. The van der Waals surface area contributed by atoms with Crippen molar-refractivity contribution in [1.29, 1.82) is 0 Å². The molecule has 1 nitrogen and oxygen atoms in total. The molecule has 3 atom stereocenters. The molecule has 0 heterocycles. The number of aldehydes is 1. The summed E-state index contributed by atoms with van der Waals surface area (Å²) in [7, 11) is 0. The van der Waals surface area contributed by atoms with Crippen molar-refractivity contribution < 1.29 is 4.79 Å². The van der Waals surface area contributed by atoms with Crippen LogP contribution in [0.5, 0.6) is 0 Å². The summed E-state index contributed by atoms with van der Waals surface area (Å²) >= 11 is 0. The van der Waals surface area contributed by atoms with Gasteiger partial charge in [-0.2, -0.15) is 0 Å². The van der Waals surface area contributed by atoms with Crippen LogP contribution in [0.25, 0.3) is 0 Å². The fraction of sp³-hybridized carbons (Fsp3) is 0.727. The lowest BCUT2D eigenvalue weighted by atomic mass is 9.76. The SMILES string of the molecule is CC1=C[C@@H](C)[C@@H](C)C[C@@H]1CC=O. The van der Waals surface area contributed by atoms with Crippen LogP contribution in [0.2, 0.25) is 0 Å². The Bertz CT molecular complexity index is 193. The average Bonchev–Trinajstić information content (AvgIpc) is 2.01. The molecule has 1 aliphatic carbocycles. The lowest BCUT2D eigenvalue weighted by molar-refractivity contribution is -0.108. The van der Waals surface area contributed by atoms with E-state index in [1.807, 2.05) is 0 Å². The summed E-state index contributed by atoms with van der Waals surface area (Å²) in [4.78, 5) is 10.4. The van der Waals surface area contributed by atoms with Crippen LogP contribution in [0.3, 0.4) is 0 Å². The largest absolute Gasteiger partial charge is 0.303 e. The van der Waals surface area contributed by atoms with E-state index in [4.69, 9.17) is 0 Å². The quantitative estimate of drug-likeness (QED) is 0.455. The van der Waals surface area contributed by atoms with E-state index in [1.165, 1.54) is 12.0 Å². The number of rotatable bonds is 2. The Hall–Kier alpha value is -0.590. The molecule has 0 aromatic rings. The molecule has 1 heteroatoms. The molecule has 68 valence electrons.